The van der Waals surface area contributed by atoms with Crippen LogP contribution in [0.5, 0.6) is 0 Å². The van der Waals surface area contributed by atoms with Gasteiger partial charge in [0, 0.05) is 11.9 Å². The number of hydrogen-bond donors (Lipinski definition) is 1. The normalized spacial score (nSPS) is 17.5. The minimum absolute atomic E-state index is 0.136. The lowest BCUT2D eigenvalue weighted by Crippen LogP contribution is -2.05. The third-order valence-electron chi connectivity index (χ3n) is 2.14. The Bertz CT molecular complexity index is 143. The Morgan fingerprint density at radius 2 is 2.17 bits per heavy atom. The van der Waals surface area contributed by atoms with Crippen molar-refractivity contribution in [1.29, 1.82) is 0 Å². The van der Waals surface area contributed by atoms with E-state index in [-0.39, 0.29) is 7.92 Å². The Balaban J connectivity index is 3.66. The molecular weight excluding hydrogens is 165 g/mol. The van der Waals surface area contributed by atoms with Gasteiger partial charge in [-0.05, 0) is 25.7 Å². The molecule has 2 atom stereocenters. The largest absolute Gasteiger partial charge is 0.402 e. The number of rotatable bonds is 5. The van der Waals surface area contributed by atoms with Crippen LogP contribution in [0.15, 0.2) is 11.8 Å². The van der Waals surface area contributed by atoms with E-state index in [1.807, 2.05) is 13.0 Å². The predicted molar refractivity (Wildman–Crippen MR) is 60.0 cm³/mol. The quantitative estimate of drug-likeness (QED) is 0.658. The SMILES string of the molecule is C/C=C(\N)CP(C)CC(C)CC. The minimum Gasteiger partial charge on any atom is -0.402 e. The van der Waals surface area contributed by atoms with Crippen molar-refractivity contribution in [2.45, 2.75) is 27.2 Å². The van der Waals surface area contributed by atoms with Crippen LogP contribution in [-0.2, 0) is 0 Å². The Kier molecular flexibility index (Phi) is 6.47. The molecule has 0 fully saturated rings. The molecule has 0 aromatic rings. The van der Waals surface area contributed by atoms with Crippen LogP contribution < -0.4 is 5.73 Å². The van der Waals surface area contributed by atoms with Crippen molar-refractivity contribution in [3.8, 4) is 0 Å². The molecule has 2 heteroatoms. The molecule has 1 nitrogen and oxygen atoms in total. The first-order chi connectivity index (χ1) is 5.60. The van der Waals surface area contributed by atoms with Crippen molar-refractivity contribution in [1.82, 2.24) is 0 Å². The van der Waals surface area contributed by atoms with Crippen molar-refractivity contribution < 1.29 is 0 Å². The van der Waals surface area contributed by atoms with Crippen molar-refractivity contribution in [3.63, 3.8) is 0 Å². The monoisotopic (exact) mass is 187 g/mol. The maximum absolute atomic E-state index is 5.77. The maximum Gasteiger partial charge on any atom is 0.00806 e. The van der Waals surface area contributed by atoms with Crippen molar-refractivity contribution in [2.24, 2.45) is 11.7 Å². The summed E-state index contributed by atoms with van der Waals surface area (Å²) in [7, 11) is 0.136. The lowest BCUT2D eigenvalue weighted by Gasteiger charge is -2.16. The highest BCUT2D eigenvalue weighted by atomic mass is 31.1. The van der Waals surface area contributed by atoms with Gasteiger partial charge < -0.3 is 5.73 Å². The topological polar surface area (TPSA) is 26.0 Å². The van der Waals surface area contributed by atoms with Crippen LogP contribution in [0.25, 0.3) is 0 Å². The van der Waals surface area contributed by atoms with E-state index in [1.54, 1.807) is 0 Å². The zero-order chi connectivity index (χ0) is 9.56. The standard InChI is InChI=1S/C10H22NP/c1-5-9(3)7-12(4)8-10(11)6-2/h6,9H,5,7-8,11H2,1-4H3/b10-6-. The molecule has 72 valence electrons. The molecule has 0 heterocycles. The number of allylic oxidation sites excluding steroid dienone is 2. The lowest BCUT2D eigenvalue weighted by atomic mass is 10.2. The molecule has 0 rings (SSSR count). The molecule has 0 radical (unpaired) electrons. The van der Waals surface area contributed by atoms with Crippen molar-refractivity contribution in [2.75, 3.05) is 19.0 Å². The first-order valence-electron chi connectivity index (χ1n) is 4.69. The molecule has 2 N–H and O–H groups in total. The molecule has 12 heavy (non-hydrogen) atoms. The van der Waals surface area contributed by atoms with Gasteiger partial charge in [-0.1, -0.05) is 26.3 Å². The molecule has 0 bridgehead atoms. The molecule has 0 spiro atoms. The smallest absolute Gasteiger partial charge is 0.00806 e. The summed E-state index contributed by atoms with van der Waals surface area (Å²) in [6.07, 6.45) is 5.80. The van der Waals surface area contributed by atoms with E-state index >= 15 is 0 Å². The van der Waals surface area contributed by atoms with E-state index in [2.05, 4.69) is 20.5 Å². The summed E-state index contributed by atoms with van der Waals surface area (Å²) < 4.78 is 0. The fourth-order valence-electron chi connectivity index (χ4n) is 1.13. The molecule has 0 aliphatic heterocycles. The maximum atomic E-state index is 5.77. The Hall–Kier alpha value is -0.0300. The average molecular weight is 187 g/mol. The molecular formula is C10H22NP. The first kappa shape index (κ1) is 12.0. The van der Waals surface area contributed by atoms with Crippen LogP contribution >= 0.6 is 7.92 Å². The second-order valence-corrected chi connectivity index (χ2v) is 5.97. The zero-order valence-corrected chi connectivity index (χ0v) is 9.70. The van der Waals surface area contributed by atoms with E-state index in [0.717, 1.165) is 17.8 Å². The van der Waals surface area contributed by atoms with E-state index < -0.39 is 0 Å². The third kappa shape index (κ3) is 5.60. The van der Waals surface area contributed by atoms with Crippen LogP contribution in [-0.4, -0.2) is 19.0 Å². The minimum atomic E-state index is 0.136. The lowest BCUT2D eigenvalue weighted by molar-refractivity contribution is 0.633. The van der Waals surface area contributed by atoms with Crippen molar-refractivity contribution in [3.05, 3.63) is 11.8 Å². The van der Waals surface area contributed by atoms with Gasteiger partial charge in [0.25, 0.3) is 0 Å². The van der Waals surface area contributed by atoms with Gasteiger partial charge in [0.15, 0.2) is 0 Å². The summed E-state index contributed by atoms with van der Waals surface area (Å²) in [5, 5.41) is 0. The van der Waals surface area contributed by atoms with Gasteiger partial charge in [0.1, 0.15) is 0 Å². The highest BCUT2D eigenvalue weighted by Gasteiger charge is 2.06. The Morgan fingerprint density at radius 1 is 1.58 bits per heavy atom. The van der Waals surface area contributed by atoms with Crippen LogP contribution in [0.2, 0.25) is 0 Å². The summed E-state index contributed by atoms with van der Waals surface area (Å²) >= 11 is 0. The molecule has 0 aliphatic rings. The second-order valence-electron chi connectivity index (χ2n) is 3.57. The molecule has 0 aromatic heterocycles. The van der Waals surface area contributed by atoms with Gasteiger partial charge in [0.05, 0.1) is 0 Å². The van der Waals surface area contributed by atoms with E-state index in [0.29, 0.717) is 0 Å². The summed E-state index contributed by atoms with van der Waals surface area (Å²) in [6, 6.07) is 0. The van der Waals surface area contributed by atoms with Crippen LogP contribution in [0.4, 0.5) is 0 Å². The molecule has 2 unspecified atom stereocenters. The predicted octanol–water partition coefficient (Wildman–Crippen LogP) is 3.01. The third-order valence-corrected chi connectivity index (χ3v) is 4.30. The molecule has 0 aliphatic carbocycles. The Morgan fingerprint density at radius 3 is 2.58 bits per heavy atom. The van der Waals surface area contributed by atoms with E-state index in [9.17, 15) is 0 Å². The van der Waals surface area contributed by atoms with Crippen LogP contribution in [0.1, 0.15) is 27.2 Å². The van der Waals surface area contributed by atoms with Crippen molar-refractivity contribution >= 4 is 7.92 Å². The van der Waals surface area contributed by atoms with Gasteiger partial charge in [-0.25, -0.2) is 0 Å². The summed E-state index contributed by atoms with van der Waals surface area (Å²) in [6.45, 7) is 8.94. The zero-order valence-electron chi connectivity index (χ0n) is 8.80. The van der Waals surface area contributed by atoms with Gasteiger partial charge in [-0.3, -0.25) is 0 Å². The summed E-state index contributed by atoms with van der Waals surface area (Å²) in [5.74, 6) is 0.866. The second kappa shape index (κ2) is 6.48. The molecule has 0 saturated carbocycles. The van der Waals surface area contributed by atoms with E-state index in [1.165, 1.54) is 12.6 Å². The van der Waals surface area contributed by atoms with Crippen LogP contribution in [0, 0.1) is 5.92 Å². The Labute approximate surface area is 78.2 Å². The van der Waals surface area contributed by atoms with Crippen LogP contribution in [0.3, 0.4) is 0 Å². The number of nitrogens with two attached hydrogens (primary N) is 1. The van der Waals surface area contributed by atoms with Gasteiger partial charge in [-0.15, -0.1) is 7.92 Å². The van der Waals surface area contributed by atoms with Gasteiger partial charge in [-0.2, -0.15) is 0 Å². The fraction of sp³-hybridized carbons (Fsp3) is 0.800. The number of hydrogen-bond acceptors (Lipinski definition) is 1. The fourth-order valence-corrected chi connectivity index (χ4v) is 3.39. The van der Waals surface area contributed by atoms with Gasteiger partial charge >= 0.3 is 0 Å². The molecule has 0 aromatic carbocycles. The summed E-state index contributed by atoms with van der Waals surface area (Å²) in [4.78, 5) is 0. The van der Waals surface area contributed by atoms with Gasteiger partial charge in [0.2, 0.25) is 0 Å². The highest BCUT2D eigenvalue weighted by molar-refractivity contribution is 7.57. The molecule has 0 amide bonds. The highest BCUT2D eigenvalue weighted by Crippen LogP contribution is 2.34. The molecule has 0 saturated heterocycles. The van der Waals surface area contributed by atoms with E-state index in [4.69, 9.17) is 5.73 Å². The summed E-state index contributed by atoms with van der Waals surface area (Å²) in [5.41, 5.74) is 6.83. The first-order valence-corrected chi connectivity index (χ1v) is 6.85. The average Bonchev–Trinajstić information content (AvgIpc) is 2.03.